The minimum absolute atomic E-state index is 0.208. The minimum Gasteiger partial charge on any atom is -0.481 e. The van der Waals surface area contributed by atoms with Gasteiger partial charge in [0.1, 0.15) is 6.10 Å². The molecule has 5 nitrogen and oxygen atoms in total. The first kappa shape index (κ1) is 16.2. The quantitative estimate of drug-likeness (QED) is 0.838. The van der Waals surface area contributed by atoms with Crippen molar-refractivity contribution in [3.05, 3.63) is 29.8 Å². The van der Waals surface area contributed by atoms with Gasteiger partial charge in [-0.2, -0.15) is 0 Å². The van der Waals surface area contributed by atoms with E-state index in [1.807, 2.05) is 6.92 Å². The molecular weight excluding hydrogens is 258 g/mol. The Labute approximate surface area is 118 Å². The third-order valence-corrected chi connectivity index (χ3v) is 3.36. The van der Waals surface area contributed by atoms with Gasteiger partial charge in [0.05, 0.1) is 5.41 Å². The van der Waals surface area contributed by atoms with Gasteiger partial charge >= 0.3 is 5.97 Å². The van der Waals surface area contributed by atoms with Gasteiger partial charge in [0.15, 0.2) is 0 Å². The largest absolute Gasteiger partial charge is 0.481 e. The zero-order valence-electron chi connectivity index (χ0n) is 12.3. The Kier molecular flexibility index (Phi) is 5.27. The smallest absolute Gasteiger partial charge is 0.313 e. The van der Waals surface area contributed by atoms with Gasteiger partial charge in [-0.3, -0.25) is 9.59 Å². The molecule has 0 aromatic heterocycles. The lowest BCUT2D eigenvalue weighted by Gasteiger charge is -2.20. The summed E-state index contributed by atoms with van der Waals surface area (Å²) in [7, 11) is 1.49. The number of benzene rings is 1. The van der Waals surface area contributed by atoms with Crippen LogP contribution in [0.15, 0.2) is 24.3 Å². The predicted molar refractivity (Wildman–Crippen MR) is 76.8 cm³/mol. The van der Waals surface area contributed by atoms with E-state index in [0.717, 1.165) is 0 Å². The van der Waals surface area contributed by atoms with Crippen LogP contribution in [0.5, 0.6) is 0 Å². The molecule has 0 aliphatic carbocycles. The Morgan fingerprint density at radius 2 is 1.85 bits per heavy atom. The second kappa shape index (κ2) is 6.52. The average molecular weight is 279 g/mol. The SMILES string of the molecule is CCC(OC)C(=O)Nc1ccc(C(C)(C)C(=O)O)cc1. The maximum atomic E-state index is 11.8. The van der Waals surface area contributed by atoms with Gasteiger partial charge in [-0.05, 0) is 38.0 Å². The first-order valence-electron chi connectivity index (χ1n) is 6.50. The number of nitrogens with one attached hydrogen (secondary N) is 1. The van der Waals surface area contributed by atoms with E-state index in [2.05, 4.69) is 5.32 Å². The molecule has 1 atom stereocenters. The van der Waals surface area contributed by atoms with Crippen molar-refractivity contribution in [3.63, 3.8) is 0 Å². The number of hydrogen-bond acceptors (Lipinski definition) is 3. The van der Waals surface area contributed by atoms with Gasteiger partial charge in [0.25, 0.3) is 5.91 Å². The molecule has 2 N–H and O–H groups in total. The molecule has 5 heteroatoms. The first-order chi connectivity index (χ1) is 9.32. The topological polar surface area (TPSA) is 75.6 Å². The normalized spacial score (nSPS) is 12.8. The molecule has 0 saturated heterocycles. The Bertz CT molecular complexity index is 475. The molecular formula is C15H21NO4. The van der Waals surface area contributed by atoms with Crippen molar-refractivity contribution >= 4 is 17.6 Å². The van der Waals surface area contributed by atoms with Gasteiger partial charge < -0.3 is 15.2 Å². The highest BCUT2D eigenvalue weighted by molar-refractivity contribution is 5.94. The Morgan fingerprint density at radius 1 is 1.30 bits per heavy atom. The number of carbonyl (C=O) groups is 2. The highest BCUT2D eigenvalue weighted by Crippen LogP contribution is 2.24. The van der Waals surface area contributed by atoms with E-state index in [1.54, 1.807) is 38.1 Å². The highest BCUT2D eigenvalue weighted by atomic mass is 16.5. The van der Waals surface area contributed by atoms with Gasteiger partial charge in [-0.1, -0.05) is 19.1 Å². The molecule has 0 saturated carbocycles. The van der Waals surface area contributed by atoms with Crippen LogP contribution in [0, 0.1) is 0 Å². The monoisotopic (exact) mass is 279 g/mol. The van der Waals surface area contributed by atoms with Crippen molar-refractivity contribution < 1.29 is 19.4 Å². The van der Waals surface area contributed by atoms with Crippen LogP contribution in [0.3, 0.4) is 0 Å². The van der Waals surface area contributed by atoms with Crippen molar-refractivity contribution in [1.82, 2.24) is 0 Å². The summed E-state index contributed by atoms with van der Waals surface area (Å²) in [6.45, 7) is 5.15. The summed E-state index contributed by atoms with van der Waals surface area (Å²) in [5, 5.41) is 11.9. The molecule has 1 aromatic carbocycles. The summed E-state index contributed by atoms with van der Waals surface area (Å²) < 4.78 is 5.05. The third-order valence-electron chi connectivity index (χ3n) is 3.36. The summed E-state index contributed by atoms with van der Waals surface area (Å²) in [5.74, 6) is -1.10. The molecule has 0 spiro atoms. The van der Waals surface area contributed by atoms with Crippen LogP contribution >= 0.6 is 0 Å². The van der Waals surface area contributed by atoms with Crippen LogP contribution < -0.4 is 5.32 Å². The van der Waals surface area contributed by atoms with Crippen LogP contribution in [0.1, 0.15) is 32.8 Å². The van der Waals surface area contributed by atoms with E-state index in [0.29, 0.717) is 17.7 Å². The number of carbonyl (C=O) groups excluding carboxylic acids is 1. The lowest BCUT2D eigenvalue weighted by Crippen LogP contribution is -2.29. The fraction of sp³-hybridized carbons (Fsp3) is 0.467. The molecule has 0 fully saturated rings. The lowest BCUT2D eigenvalue weighted by molar-refractivity contribution is -0.142. The molecule has 0 bridgehead atoms. The van der Waals surface area contributed by atoms with E-state index >= 15 is 0 Å². The van der Waals surface area contributed by atoms with Gasteiger partial charge in [-0.25, -0.2) is 0 Å². The van der Waals surface area contributed by atoms with Crippen LogP contribution in [0.25, 0.3) is 0 Å². The van der Waals surface area contributed by atoms with Crippen molar-refractivity contribution in [1.29, 1.82) is 0 Å². The molecule has 110 valence electrons. The zero-order chi connectivity index (χ0) is 15.3. The summed E-state index contributed by atoms with van der Waals surface area (Å²) in [6.07, 6.45) is 0.108. The number of carboxylic acid groups (broad SMARTS) is 1. The van der Waals surface area contributed by atoms with Crippen LogP contribution in [0.2, 0.25) is 0 Å². The number of ether oxygens (including phenoxy) is 1. The van der Waals surface area contributed by atoms with E-state index in [9.17, 15) is 9.59 Å². The Morgan fingerprint density at radius 3 is 2.25 bits per heavy atom. The molecule has 0 radical (unpaired) electrons. The number of rotatable bonds is 6. The summed E-state index contributed by atoms with van der Waals surface area (Å²) >= 11 is 0. The van der Waals surface area contributed by atoms with Crippen molar-refractivity contribution in [2.75, 3.05) is 12.4 Å². The maximum absolute atomic E-state index is 11.8. The predicted octanol–water partition coefficient (Wildman–Crippen LogP) is 2.41. The molecule has 0 heterocycles. The van der Waals surface area contributed by atoms with E-state index in [4.69, 9.17) is 9.84 Å². The van der Waals surface area contributed by atoms with Gasteiger partial charge in [-0.15, -0.1) is 0 Å². The lowest BCUT2D eigenvalue weighted by atomic mass is 9.85. The molecule has 1 rings (SSSR count). The summed E-state index contributed by atoms with van der Waals surface area (Å²) in [6, 6.07) is 6.80. The Balaban J connectivity index is 2.82. The number of hydrogen-bond donors (Lipinski definition) is 2. The molecule has 0 aliphatic rings. The number of amides is 1. The number of aliphatic carboxylic acids is 1. The fourth-order valence-electron chi connectivity index (χ4n) is 1.78. The van der Waals surface area contributed by atoms with Crippen LogP contribution in [-0.4, -0.2) is 30.2 Å². The minimum atomic E-state index is -0.957. The van der Waals surface area contributed by atoms with E-state index in [1.165, 1.54) is 7.11 Å². The maximum Gasteiger partial charge on any atom is 0.313 e. The second-order valence-electron chi connectivity index (χ2n) is 5.13. The molecule has 1 unspecified atom stereocenters. The number of methoxy groups -OCH3 is 1. The highest BCUT2D eigenvalue weighted by Gasteiger charge is 2.29. The van der Waals surface area contributed by atoms with Crippen molar-refractivity contribution in [3.8, 4) is 0 Å². The van der Waals surface area contributed by atoms with Crippen LogP contribution in [0.4, 0.5) is 5.69 Å². The van der Waals surface area contributed by atoms with Gasteiger partial charge in [0, 0.05) is 12.8 Å². The van der Waals surface area contributed by atoms with E-state index < -0.39 is 17.5 Å². The third kappa shape index (κ3) is 3.57. The fourth-order valence-corrected chi connectivity index (χ4v) is 1.78. The Hall–Kier alpha value is -1.88. The molecule has 1 amide bonds. The summed E-state index contributed by atoms with van der Waals surface area (Å²) in [5.41, 5.74) is 0.346. The first-order valence-corrected chi connectivity index (χ1v) is 6.50. The second-order valence-corrected chi connectivity index (χ2v) is 5.13. The molecule has 0 aliphatic heterocycles. The standard InChI is InChI=1S/C15H21NO4/c1-5-12(20-4)13(17)16-11-8-6-10(7-9-11)15(2,3)14(18)19/h6-9,12H,5H2,1-4H3,(H,16,17)(H,18,19). The zero-order valence-corrected chi connectivity index (χ0v) is 12.3. The number of anilines is 1. The molecule has 20 heavy (non-hydrogen) atoms. The van der Waals surface area contributed by atoms with E-state index in [-0.39, 0.29) is 5.91 Å². The number of carboxylic acids is 1. The van der Waals surface area contributed by atoms with Crippen LogP contribution in [-0.2, 0) is 19.7 Å². The van der Waals surface area contributed by atoms with Crippen molar-refractivity contribution in [2.45, 2.75) is 38.7 Å². The molecule has 1 aromatic rings. The van der Waals surface area contributed by atoms with Gasteiger partial charge in [0.2, 0.25) is 0 Å². The van der Waals surface area contributed by atoms with Crippen molar-refractivity contribution in [2.24, 2.45) is 0 Å². The average Bonchev–Trinajstić information content (AvgIpc) is 2.40. The summed E-state index contributed by atoms with van der Waals surface area (Å²) in [4.78, 5) is 23.0.